The Bertz CT molecular complexity index is 277. The predicted octanol–water partition coefficient (Wildman–Crippen LogP) is 0.379. The van der Waals surface area contributed by atoms with E-state index in [1.54, 1.807) is 4.90 Å². The number of amidine groups is 1. The molecule has 2 amide bonds. The minimum atomic E-state index is -0.111. The topological polar surface area (TPSA) is 91.4 Å². The van der Waals surface area contributed by atoms with E-state index >= 15 is 0 Å². The molecule has 1 aliphatic rings. The van der Waals surface area contributed by atoms with Gasteiger partial charge in [0, 0.05) is 25.6 Å². The van der Waals surface area contributed by atoms with Gasteiger partial charge in [-0.2, -0.15) is 0 Å². The van der Waals surface area contributed by atoms with Gasteiger partial charge in [-0.15, -0.1) is 0 Å². The van der Waals surface area contributed by atoms with E-state index in [2.05, 4.69) is 5.32 Å². The Hall–Kier alpha value is -1.30. The van der Waals surface area contributed by atoms with Gasteiger partial charge in [0.2, 0.25) is 0 Å². The zero-order chi connectivity index (χ0) is 12.8. The van der Waals surface area contributed by atoms with Crippen LogP contribution in [0.3, 0.4) is 0 Å². The Morgan fingerprint density at radius 1 is 1.71 bits per heavy atom. The third-order valence-electron chi connectivity index (χ3n) is 2.95. The zero-order valence-electron chi connectivity index (χ0n) is 10.5. The van der Waals surface area contributed by atoms with Crippen molar-refractivity contribution < 1.29 is 9.53 Å². The summed E-state index contributed by atoms with van der Waals surface area (Å²) in [6.07, 6.45) is 0.867. The molecule has 1 aliphatic heterocycles. The van der Waals surface area contributed by atoms with E-state index in [9.17, 15) is 4.79 Å². The lowest BCUT2D eigenvalue weighted by Gasteiger charge is -2.25. The summed E-state index contributed by atoms with van der Waals surface area (Å²) in [5, 5.41) is 10.3. The van der Waals surface area contributed by atoms with Crippen LogP contribution in [-0.4, -0.2) is 49.1 Å². The Balaban J connectivity index is 2.42. The molecule has 0 radical (unpaired) electrons. The first-order valence-corrected chi connectivity index (χ1v) is 6.01. The summed E-state index contributed by atoms with van der Waals surface area (Å²) < 4.78 is 5.20. The van der Waals surface area contributed by atoms with Crippen LogP contribution in [0.4, 0.5) is 4.79 Å². The Kier molecular flexibility index (Phi) is 5.21. The van der Waals surface area contributed by atoms with Crippen molar-refractivity contribution in [2.75, 3.05) is 26.3 Å². The van der Waals surface area contributed by atoms with E-state index in [1.807, 2.05) is 13.8 Å². The van der Waals surface area contributed by atoms with Crippen LogP contribution in [0, 0.1) is 11.3 Å². The van der Waals surface area contributed by atoms with Crippen molar-refractivity contribution in [1.29, 1.82) is 5.41 Å². The molecule has 2 unspecified atom stereocenters. The quantitative estimate of drug-likeness (QED) is 0.480. The van der Waals surface area contributed by atoms with E-state index in [4.69, 9.17) is 15.9 Å². The van der Waals surface area contributed by atoms with E-state index in [0.717, 1.165) is 6.42 Å². The third kappa shape index (κ3) is 4.22. The normalized spacial score (nSPS) is 20.9. The number of nitrogens with one attached hydrogen (secondary N) is 2. The number of nitrogens with zero attached hydrogens (tertiary/aromatic N) is 1. The highest BCUT2D eigenvalue weighted by molar-refractivity contribution is 5.80. The van der Waals surface area contributed by atoms with Crippen molar-refractivity contribution in [2.24, 2.45) is 11.7 Å². The minimum absolute atomic E-state index is 0.101. The molecule has 4 N–H and O–H groups in total. The van der Waals surface area contributed by atoms with E-state index in [-0.39, 0.29) is 23.8 Å². The minimum Gasteiger partial charge on any atom is -0.387 e. The number of carbonyl (C=O) groups excluding carboxylic acids is 1. The summed E-state index contributed by atoms with van der Waals surface area (Å²) in [7, 11) is 0. The van der Waals surface area contributed by atoms with Crippen molar-refractivity contribution >= 4 is 11.9 Å². The molecule has 0 aromatic carbocycles. The van der Waals surface area contributed by atoms with Crippen molar-refractivity contribution in [2.45, 2.75) is 26.3 Å². The number of rotatable bonds is 5. The van der Waals surface area contributed by atoms with Crippen LogP contribution in [0.15, 0.2) is 0 Å². The summed E-state index contributed by atoms with van der Waals surface area (Å²) in [5.41, 5.74) is 5.41. The first kappa shape index (κ1) is 13.8. The lowest BCUT2D eigenvalue weighted by Crippen LogP contribution is -2.47. The van der Waals surface area contributed by atoms with Gasteiger partial charge < -0.3 is 20.7 Å². The Labute approximate surface area is 102 Å². The number of urea groups is 1. The summed E-state index contributed by atoms with van der Waals surface area (Å²) in [6.45, 7) is 6.14. The van der Waals surface area contributed by atoms with E-state index < -0.39 is 0 Å². The molecule has 6 nitrogen and oxygen atoms in total. The number of hydrogen-bond donors (Lipinski definition) is 3. The standard InChI is InChI=1S/C11H22N4O2/c1-3-15(6-8(2)10(12)13)11(16)14-9-4-5-17-7-9/h8-9H,3-7H2,1-2H3,(H3,12,13)(H,14,16). The SMILES string of the molecule is CCN(CC(C)C(=N)N)C(=O)NC1CCOC1. The molecule has 6 heteroatoms. The lowest BCUT2D eigenvalue weighted by molar-refractivity contribution is 0.177. The second-order valence-corrected chi connectivity index (χ2v) is 4.41. The molecule has 0 saturated carbocycles. The zero-order valence-corrected chi connectivity index (χ0v) is 10.5. The van der Waals surface area contributed by atoms with Gasteiger partial charge in [0.1, 0.15) is 0 Å². The summed E-state index contributed by atoms with van der Waals surface area (Å²) in [4.78, 5) is 13.6. The Morgan fingerprint density at radius 3 is 2.88 bits per heavy atom. The second-order valence-electron chi connectivity index (χ2n) is 4.41. The van der Waals surface area contributed by atoms with Gasteiger partial charge in [-0.25, -0.2) is 4.79 Å². The average Bonchev–Trinajstić information content (AvgIpc) is 2.77. The van der Waals surface area contributed by atoms with Gasteiger partial charge in [-0.05, 0) is 13.3 Å². The van der Waals surface area contributed by atoms with Crippen LogP contribution in [-0.2, 0) is 4.74 Å². The number of ether oxygens (including phenoxy) is 1. The van der Waals surface area contributed by atoms with E-state index in [0.29, 0.717) is 26.3 Å². The highest BCUT2D eigenvalue weighted by Gasteiger charge is 2.22. The number of hydrogen-bond acceptors (Lipinski definition) is 3. The highest BCUT2D eigenvalue weighted by atomic mass is 16.5. The van der Waals surface area contributed by atoms with Crippen LogP contribution >= 0.6 is 0 Å². The van der Waals surface area contributed by atoms with Crippen molar-refractivity contribution in [3.63, 3.8) is 0 Å². The van der Waals surface area contributed by atoms with Crippen molar-refractivity contribution in [3.8, 4) is 0 Å². The molecule has 0 aromatic rings. The largest absolute Gasteiger partial charge is 0.387 e. The molecular weight excluding hydrogens is 220 g/mol. The van der Waals surface area contributed by atoms with Crippen molar-refractivity contribution in [3.05, 3.63) is 0 Å². The van der Waals surface area contributed by atoms with Gasteiger partial charge in [-0.3, -0.25) is 5.41 Å². The van der Waals surface area contributed by atoms with Gasteiger partial charge in [0.15, 0.2) is 0 Å². The molecule has 1 fully saturated rings. The fourth-order valence-corrected chi connectivity index (χ4v) is 1.70. The molecule has 2 atom stereocenters. The van der Waals surface area contributed by atoms with Crippen LogP contribution in [0.5, 0.6) is 0 Å². The number of nitrogens with two attached hydrogens (primary N) is 1. The molecule has 98 valence electrons. The number of carbonyl (C=O) groups is 1. The summed E-state index contributed by atoms with van der Waals surface area (Å²) in [5.74, 6) is 0.000905. The lowest BCUT2D eigenvalue weighted by atomic mass is 10.1. The molecular formula is C11H22N4O2. The first-order valence-electron chi connectivity index (χ1n) is 6.01. The van der Waals surface area contributed by atoms with Crippen LogP contribution in [0.2, 0.25) is 0 Å². The second kappa shape index (κ2) is 6.44. The summed E-state index contributed by atoms with van der Waals surface area (Å²) in [6, 6.07) is 0.0142. The van der Waals surface area contributed by atoms with Crippen LogP contribution < -0.4 is 11.1 Å². The van der Waals surface area contributed by atoms with Crippen LogP contribution in [0.1, 0.15) is 20.3 Å². The maximum Gasteiger partial charge on any atom is 0.317 e. The van der Waals surface area contributed by atoms with Gasteiger partial charge in [0.05, 0.1) is 18.5 Å². The smallest absolute Gasteiger partial charge is 0.317 e. The molecule has 0 bridgehead atoms. The van der Waals surface area contributed by atoms with Crippen LogP contribution in [0.25, 0.3) is 0 Å². The molecule has 1 saturated heterocycles. The monoisotopic (exact) mass is 242 g/mol. The van der Waals surface area contributed by atoms with Gasteiger partial charge in [-0.1, -0.05) is 6.92 Å². The maximum absolute atomic E-state index is 11.9. The van der Waals surface area contributed by atoms with E-state index in [1.165, 1.54) is 0 Å². The van der Waals surface area contributed by atoms with Gasteiger partial charge in [0.25, 0.3) is 0 Å². The molecule has 0 spiro atoms. The Morgan fingerprint density at radius 2 is 2.41 bits per heavy atom. The predicted molar refractivity (Wildman–Crippen MR) is 66.1 cm³/mol. The van der Waals surface area contributed by atoms with Crippen molar-refractivity contribution in [1.82, 2.24) is 10.2 Å². The molecule has 1 heterocycles. The fraction of sp³-hybridized carbons (Fsp3) is 0.818. The molecule has 17 heavy (non-hydrogen) atoms. The first-order chi connectivity index (χ1) is 8.04. The third-order valence-corrected chi connectivity index (χ3v) is 2.95. The number of amides is 2. The summed E-state index contributed by atoms with van der Waals surface area (Å²) >= 11 is 0. The molecule has 0 aliphatic carbocycles. The fourth-order valence-electron chi connectivity index (χ4n) is 1.70. The molecule has 1 rings (SSSR count). The average molecular weight is 242 g/mol. The molecule has 0 aromatic heterocycles. The van der Waals surface area contributed by atoms with Gasteiger partial charge >= 0.3 is 6.03 Å². The highest BCUT2D eigenvalue weighted by Crippen LogP contribution is 2.05. The maximum atomic E-state index is 11.9.